The fraction of sp³-hybridized carbons (Fsp3) is 0.0909. The van der Waals surface area contributed by atoms with Crippen molar-refractivity contribution in [1.82, 2.24) is 4.98 Å². The van der Waals surface area contributed by atoms with E-state index in [1.807, 2.05) is 0 Å². The summed E-state index contributed by atoms with van der Waals surface area (Å²) in [5, 5.41) is 0. The molecule has 0 radical (unpaired) electrons. The normalized spacial score (nSPS) is 11.4. The van der Waals surface area contributed by atoms with Gasteiger partial charge in [0.25, 0.3) is 10.0 Å². The summed E-state index contributed by atoms with van der Waals surface area (Å²) in [6.07, 6.45) is -3.76. The van der Waals surface area contributed by atoms with Gasteiger partial charge < -0.3 is 4.84 Å². The number of hydrogen-bond acceptors (Lipinski definition) is 5. The molecule has 0 unspecified atom stereocenters. The van der Waals surface area contributed by atoms with Crippen LogP contribution in [0.25, 0.3) is 0 Å². The number of sulfonamides is 1. The molecule has 0 bridgehead atoms. The number of alkyl halides is 3. The van der Waals surface area contributed by atoms with Gasteiger partial charge >= 0.3 is 12.1 Å². The van der Waals surface area contributed by atoms with Gasteiger partial charge in [-0.15, -0.1) is 0 Å². The Bertz CT molecular complexity index is 1490. The minimum absolute atomic E-state index is 0.00443. The number of anilines is 1. The standard InChI is InChI=1S/C22H11F7N2O4S/c1-12-16(24)3-2-4-19(12)36(33,34)31(35-21(32)22(27,28)29)20-17(25)8-13(9-18(20)26)5-6-14-7-15(23)11-30-10-14/h2-4,7-11H,1H3. The maximum absolute atomic E-state index is 14.9. The van der Waals surface area contributed by atoms with Crippen LogP contribution in [0.1, 0.15) is 16.7 Å². The number of aromatic nitrogens is 1. The van der Waals surface area contributed by atoms with Gasteiger partial charge in [-0.2, -0.15) is 21.6 Å². The Balaban J connectivity index is 2.16. The highest BCUT2D eigenvalue weighted by Gasteiger charge is 2.46. The molecule has 2 aromatic carbocycles. The van der Waals surface area contributed by atoms with E-state index < -0.39 is 71.6 Å². The molecule has 0 spiro atoms. The third kappa shape index (κ3) is 5.57. The monoisotopic (exact) mass is 532 g/mol. The number of halogens is 7. The van der Waals surface area contributed by atoms with E-state index in [0.29, 0.717) is 12.1 Å². The summed E-state index contributed by atoms with van der Waals surface area (Å²) >= 11 is 0. The lowest BCUT2D eigenvalue weighted by molar-refractivity contribution is -0.199. The molecule has 0 atom stereocenters. The van der Waals surface area contributed by atoms with Gasteiger partial charge in [0.15, 0.2) is 17.3 Å². The minimum atomic E-state index is -5.76. The number of rotatable bonds is 4. The average molecular weight is 532 g/mol. The molecule has 1 aromatic heterocycles. The molecule has 3 rings (SSSR count). The molecule has 0 aliphatic heterocycles. The maximum Gasteiger partial charge on any atom is 0.493 e. The topological polar surface area (TPSA) is 76.6 Å². The van der Waals surface area contributed by atoms with Crippen LogP contribution in [-0.2, 0) is 19.7 Å². The number of hydrogen-bond donors (Lipinski definition) is 0. The van der Waals surface area contributed by atoms with Crippen molar-refractivity contribution in [1.29, 1.82) is 0 Å². The van der Waals surface area contributed by atoms with Gasteiger partial charge in [-0.3, -0.25) is 4.98 Å². The molecular weight excluding hydrogens is 521 g/mol. The zero-order valence-corrected chi connectivity index (χ0v) is 18.5. The van der Waals surface area contributed by atoms with Crippen molar-refractivity contribution in [3.8, 4) is 11.8 Å². The van der Waals surface area contributed by atoms with E-state index in [1.54, 1.807) is 0 Å². The summed E-state index contributed by atoms with van der Waals surface area (Å²) in [5.74, 6) is -4.02. The van der Waals surface area contributed by atoms with Crippen LogP contribution in [-0.4, -0.2) is 25.5 Å². The van der Waals surface area contributed by atoms with Crippen molar-refractivity contribution in [3.63, 3.8) is 0 Å². The average Bonchev–Trinajstić information content (AvgIpc) is 2.77. The van der Waals surface area contributed by atoms with Crippen LogP contribution >= 0.6 is 0 Å². The SMILES string of the molecule is Cc1c(F)cccc1S(=O)(=O)N(OC(=O)C(F)(F)F)c1c(F)cc(C#Cc2cncc(F)c2)cc1F. The second-order valence-electron chi connectivity index (χ2n) is 6.90. The molecule has 0 saturated heterocycles. The molecular formula is C22H11F7N2O4S. The number of pyridine rings is 1. The van der Waals surface area contributed by atoms with E-state index in [9.17, 15) is 43.9 Å². The van der Waals surface area contributed by atoms with E-state index in [-0.39, 0.29) is 5.56 Å². The van der Waals surface area contributed by atoms with Crippen LogP contribution in [0.5, 0.6) is 0 Å². The molecule has 14 heteroatoms. The van der Waals surface area contributed by atoms with Crippen molar-refractivity contribution in [2.45, 2.75) is 18.0 Å². The Morgan fingerprint density at radius 2 is 1.56 bits per heavy atom. The lowest BCUT2D eigenvalue weighted by Gasteiger charge is -2.24. The van der Waals surface area contributed by atoms with Gasteiger partial charge in [0.1, 0.15) is 11.6 Å². The predicted molar refractivity (Wildman–Crippen MR) is 109 cm³/mol. The van der Waals surface area contributed by atoms with E-state index in [2.05, 4.69) is 21.7 Å². The fourth-order valence-corrected chi connectivity index (χ4v) is 4.23. The smallest absolute Gasteiger partial charge is 0.316 e. The summed E-state index contributed by atoms with van der Waals surface area (Å²) in [5.41, 5.74) is -2.80. The summed E-state index contributed by atoms with van der Waals surface area (Å²) in [6.45, 7) is 0.929. The molecule has 1 heterocycles. The summed E-state index contributed by atoms with van der Waals surface area (Å²) in [6, 6.07) is 4.23. The molecule has 0 aliphatic rings. The van der Waals surface area contributed by atoms with Crippen LogP contribution in [0.15, 0.2) is 53.7 Å². The molecule has 36 heavy (non-hydrogen) atoms. The Labute approximate surface area is 198 Å². The first-order valence-electron chi connectivity index (χ1n) is 9.43. The molecule has 188 valence electrons. The fourth-order valence-electron chi connectivity index (χ4n) is 2.74. The largest absolute Gasteiger partial charge is 0.493 e. The highest BCUT2D eigenvalue weighted by atomic mass is 32.2. The number of nitrogens with zero attached hydrogens (tertiary/aromatic N) is 2. The Hall–Kier alpha value is -4.12. The molecule has 0 N–H and O–H groups in total. The van der Waals surface area contributed by atoms with Crippen molar-refractivity contribution in [2.75, 3.05) is 4.47 Å². The molecule has 0 amide bonds. The van der Waals surface area contributed by atoms with E-state index >= 15 is 0 Å². The lowest BCUT2D eigenvalue weighted by Crippen LogP contribution is -2.40. The van der Waals surface area contributed by atoms with Crippen LogP contribution < -0.4 is 4.47 Å². The van der Waals surface area contributed by atoms with E-state index in [4.69, 9.17) is 0 Å². The third-order valence-corrected chi connectivity index (χ3v) is 6.06. The van der Waals surface area contributed by atoms with Gasteiger partial charge in [-0.1, -0.05) is 22.4 Å². The summed E-state index contributed by atoms with van der Waals surface area (Å²) in [4.78, 5) is 17.8. The minimum Gasteiger partial charge on any atom is -0.316 e. The molecule has 0 fully saturated rings. The Morgan fingerprint density at radius 1 is 0.944 bits per heavy atom. The first kappa shape index (κ1) is 26.5. The van der Waals surface area contributed by atoms with Crippen LogP contribution in [0.3, 0.4) is 0 Å². The predicted octanol–water partition coefficient (Wildman–Crippen LogP) is 4.56. The first-order valence-corrected chi connectivity index (χ1v) is 10.9. The van der Waals surface area contributed by atoms with Crippen molar-refractivity contribution < 1.29 is 48.8 Å². The summed E-state index contributed by atoms with van der Waals surface area (Å²) < 4.78 is 120. The zero-order valence-electron chi connectivity index (χ0n) is 17.7. The van der Waals surface area contributed by atoms with E-state index in [0.717, 1.165) is 43.6 Å². The molecule has 0 aliphatic carbocycles. The molecule has 6 nitrogen and oxygen atoms in total. The first-order chi connectivity index (χ1) is 16.7. The lowest BCUT2D eigenvalue weighted by atomic mass is 10.1. The van der Waals surface area contributed by atoms with Crippen LogP contribution in [0.2, 0.25) is 0 Å². The highest BCUT2D eigenvalue weighted by molar-refractivity contribution is 7.92. The van der Waals surface area contributed by atoms with Gasteiger partial charge in [0, 0.05) is 22.9 Å². The highest BCUT2D eigenvalue weighted by Crippen LogP contribution is 2.33. The van der Waals surface area contributed by atoms with Crippen molar-refractivity contribution in [2.24, 2.45) is 0 Å². The molecule has 3 aromatic rings. The Kier molecular flexibility index (Phi) is 7.25. The second kappa shape index (κ2) is 9.86. The molecule has 0 saturated carbocycles. The Morgan fingerprint density at radius 3 is 2.14 bits per heavy atom. The van der Waals surface area contributed by atoms with Gasteiger partial charge in [-0.05, 0) is 37.3 Å². The summed E-state index contributed by atoms with van der Waals surface area (Å²) in [7, 11) is -5.50. The number of benzene rings is 2. The van der Waals surface area contributed by atoms with Crippen molar-refractivity contribution in [3.05, 3.63) is 88.8 Å². The van der Waals surface area contributed by atoms with E-state index in [1.165, 1.54) is 0 Å². The van der Waals surface area contributed by atoms with Crippen LogP contribution in [0.4, 0.5) is 36.4 Å². The van der Waals surface area contributed by atoms with Gasteiger partial charge in [-0.25, -0.2) is 22.4 Å². The quantitative estimate of drug-likeness (QED) is 0.280. The van der Waals surface area contributed by atoms with Gasteiger partial charge in [0.2, 0.25) is 0 Å². The number of carbonyl (C=O) groups excluding carboxylic acids is 1. The van der Waals surface area contributed by atoms with Crippen molar-refractivity contribution >= 4 is 21.7 Å². The maximum atomic E-state index is 14.9. The number of carbonyl (C=O) groups is 1. The van der Waals surface area contributed by atoms with Crippen LogP contribution in [0, 0.1) is 42.0 Å². The van der Waals surface area contributed by atoms with Gasteiger partial charge in [0.05, 0.1) is 11.1 Å². The second-order valence-corrected chi connectivity index (χ2v) is 8.62. The third-order valence-electron chi connectivity index (χ3n) is 4.37. The zero-order chi connectivity index (χ0) is 26.8.